The van der Waals surface area contributed by atoms with Gasteiger partial charge in [-0.15, -0.1) is 0 Å². The number of nitriles is 1. The Hall–Kier alpha value is -2.11. The van der Waals surface area contributed by atoms with E-state index in [2.05, 4.69) is 68.6 Å². The SMILES string of the molecule is C[C@H]1[C@H](c2ccccc2)[C@@H](C#N)[N@+]1(C)Cc1ccccc1. The van der Waals surface area contributed by atoms with Gasteiger partial charge in [0, 0.05) is 5.56 Å². The Labute approximate surface area is 126 Å². The summed E-state index contributed by atoms with van der Waals surface area (Å²) >= 11 is 0. The van der Waals surface area contributed by atoms with Gasteiger partial charge in [0.05, 0.1) is 7.05 Å². The van der Waals surface area contributed by atoms with Crippen molar-refractivity contribution in [2.24, 2.45) is 0 Å². The molecule has 0 aliphatic carbocycles. The summed E-state index contributed by atoms with van der Waals surface area (Å²) in [4.78, 5) is 0. The molecule has 1 heterocycles. The van der Waals surface area contributed by atoms with E-state index in [9.17, 15) is 5.26 Å². The van der Waals surface area contributed by atoms with Gasteiger partial charge in [0.2, 0.25) is 0 Å². The standard InChI is InChI=1S/C19H21N2/c1-15-19(17-11-7-4-8-12-17)18(13-20)21(15,2)14-16-9-5-3-6-10-16/h3-12,15,18-19H,14H2,1-2H3/q+1/t15-,18+,19+,21+/m0/s1. The molecule has 2 heteroatoms. The average molecular weight is 277 g/mol. The maximum absolute atomic E-state index is 9.68. The van der Waals surface area contributed by atoms with Crippen LogP contribution in [0.3, 0.4) is 0 Å². The van der Waals surface area contributed by atoms with Crippen molar-refractivity contribution < 1.29 is 4.48 Å². The predicted octanol–water partition coefficient (Wildman–Crippen LogP) is 3.71. The fraction of sp³-hybridized carbons (Fsp3) is 0.316. The van der Waals surface area contributed by atoms with Crippen LogP contribution in [0.2, 0.25) is 0 Å². The first-order chi connectivity index (χ1) is 10.2. The van der Waals surface area contributed by atoms with Gasteiger partial charge in [-0.1, -0.05) is 60.7 Å². The summed E-state index contributed by atoms with van der Waals surface area (Å²) in [5.74, 6) is 0.338. The summed E-state index contributed by atoms with van der Waals surface area (Å²) < 4.78 is 0.806. The first-order valence-corrected chi connectivity index (χ1v) is 7.50. The first-order valence-electron chi connectivity index (χ1n) is 7.50. The molecule has 1 aliphatic rings. The molecule has 0 aromatic heterocycles. The second-order valence-corrected chi connectivity index (χ2v) is 6.24. The lowest BCUT2D eigenvalue weighted by Crippen LogP contribution is -2.71. The van der Waals surface area contributed by atoms with Crippen molar-refractivity contribution in [3.63, 3.8) is 0 Å². The molecule has 21 heavy (non-hydrogen) atoms. The second kappa shape index (κ2) is 5.35. The summed E-state index contributed by atoms with van der Waals surface area (Å²) in [6.45, 7) is 3.19. The fourth-order valence-electron chi connectivity index (χ4n) is 3.72. The number of nitrogens with zero attached hydrogens (tertiary/aromatic N) is 2. The highest BCUT2D eigenvalue weighted by Crippen LogP contribution is 2.46. The highest BCUT2D eigenvalue weighted by molar-refractivity contribution is 5.27. The van der Waals surface area contributed by atoms with Crippen LogP contribution in [-0.4, -0.2) is 23.6 Å². The number of quaternary nitrogens is 1. The van der Waals surface area contributed by atoms with Crippen molar-refractivity contribution in [2.45, 2.75) is 31.5 Å². The molecular weight excluding hydrogens is 256 g/mol. The molecule has 0 amide bonds. The maximum atomic E-state index is 9.68. The van der Waals surface area contributed by atoms with Gasteiger partial charge in [-0.25, -0.2) is 0 Å². The van der Waals surface area contributed by atoms with E-state index in [0.29, 0.717) is 12.0 Å². The molecule has 1 aliphatic heterocycles. The van der Waals surface area contributed by atoms with E-state index in [4.69, 9.17) is 0 Å². The molecule has 0 spiro atoms. The molecule has 1 fully saturated rings. The number of benzene rings is 2. The van der Waals surface area contributed by atoms with Crippen molar-refractivity contribution in [1.29, 1.82) is 5.26 Å². The molecule has 2 nitrogen and oxygen atoms in total. The Morgan fingerprint density at radius 1 is 1.00 bits per heavy atom. The van der Waals surface area contributed by atoms with Crippen molar-refractivity contribution in [1.82, 2.24) is 0 Å². The van der Waals surface area contributed by atoms with Crippen molar-refractivity contribution in [3.05, 3.63) is 71.8 Å². The van der Waals surface area contributed by atoms with E-state index in [0.717, 1.165) is 11.0 Å². The zero-order valence-electron chi connectivity index (χ0n) is 12.6. The number of hydrogen-bond donors (Lipinski definition) is 0. The molecule has 2 aromatic carbocycles. The Kier molecular flexibility index (Phi) is 3.53. The van der Waals surface area contributed by atoms with Crippen LogP contribution in [0.15, 0.2) is 60.7 Å². The predicted molar refractivity (Wildman–Crippen MR) is 84.4 cm³/mol. The number of rotatable bonds is 3. The van der Waals surface area contributed by atoms with Gasteiger partial charge in [-0.3, -0.25) is 0 Å². The van der Waals surface area contributed by atoms with Gasteiger partial charge in [0.15, 0.2) is 6.04 Å². The lowest BCUT2D eigenvalue weighted by atomic mass is 9.73. The Morgan fingerprint density at radius 3 is 2.14 bits per heavy atom. The van der Waals surface area contributed by atoms with E-state index in [1.165, 1.54) is 11.1 Å². The normalized spacial score (nSPS) is 31.2. The van der Waals surface area contributed by atoms with Gasteiger partial charge in [0.25, 0.3) is 0 Å². The summed E-state index contributed by atoms with van der Waals surface area (Å²) in [6.07, 6.45) is 0. The lowest BCUT2D eigenvalue weighted by Gasteiger charge is -2.57. The molecule has 3 rings (SSSR count). The van der Waals surface area contributed by atoms with E-state index >= 15 is 0 Å². The van der Waals surface area contributed by atoms with E-state index < -0.39 is 0 Å². The Morgan fingerprint density at radius 2 is 1.57 bits per heavy atom. The van der Waals surface area contributed by atoms with Gasteiger partial charge >= 0.3 is 0 Å². The maximum Gasteiger partial charge on any atom is 0.189 e. The first kappa shape index (κ1) is 13.9. The lowest BCUT2D eigenvalue weighted by molar-refractivity contribution is -1.00. The van der Waals surface area contributed by atoms with E-state index in [1.54, 1.807) is 0 Å². The molecule has 0 saturated carbocycles. The Balaban J connectivity index is 1.87. The number of hydrogen-bond acceptors (Lipinski definition) is 1. The molecule has 4 atom stereocenters. The highest BCUT2D eigenvalue weighted by atomic mass is 15.4. The van der Waals surface area contributed by atoms with Crippen LogP contribution >= 0.6 is 0 Å². The van der Waals surface area contributed by atoms with Gasteiger partial charge in [-0.2, -0.15) is 5.26 Å². The molecule has 0 radical (unpaired) electrons. The van der Waals surface area contributed by atoms with Crippen LogP contribution < -0.4 is 0 Å². The third-order valence-corrected chi connectivity index (χ3v) is 5.11. The molecule has 0 N–H and O–H groups in total. The molecule has 1 saturated heterocycles. The molecule has 0 bridgehead atoms. The van der Waals surface area contributed by atoms with Crippen LogP contribution in [-0.2, 0) is 6.54 Å². The van der Waals surface area contributed by atoms with Crippen molar-refractivity contribution in [3.8, 4) is 6.07 Å². The summed E-state index contributed by atoms with van der Waals surface area (Å²) in [7, 11) is 2.21. The van der Waals surface area contributed by atoms with Crippen LogP contribution in [0, 0.1) is 11.3 Å². The largest absolute Gasteiger partial charge is 0.304 e. The molecular formula is C19H21N2+. The summed E-state index contributed by atoms with van der Waals surface area (Å²) in [5.41, 5.74) is 2.60. The van der Waals surface area contributed by atoms with Crippen LogP contribution in [0.5, 0.6) is 0 Å². The fourth-order valence-corrected chi connectivity index (χ4v) is 3.72. The third kappa shape index (κ3) is 2.24. The van der Waals surface area contributed by atoms with E-state index in [-0.39, 0.29) is 6.04 Å². The topological polar surface area (TPSA) is 23.8 Å². The number of likely N-dealkylation sites (N-methyl/N-ethyl adjacent to an activating group) is 1. The third-order valence-electron chi connectivity index (χ3n) is 5.11. The van der Waals surface area contributed by atoms with Crippen molar-refractivity contribution in [2.75, 3.05) is 7.05 Å². The minimum Gasteiger partial charge on any atom is -0.304 e. The highest BCUT2D eigenvalue weighted by Gasteiger charge is 2.58. The average Bonchev–Trinajstić information content (AvgIpc) is 2.53. The molecule has 0 unspecified atom stereocenters. The van der Waals surface area contributed by atoms with Crippen LogP contribution in [0.4, 0.5) is 0 Å². The van der Waals surface area contributed by atoms with Crippen molar-refractivity contribution >= 4 is 0 Å². The van der Waals surface area contributed by atoms with E-state index in [1.807, 2.05) is 12.1 Å². The van der Waals surface area contributed by atoms with Crippen LogP contribution in [0.25, 0.3) is 0 Å². The zero-order valence-corrected chi connectivity index (χ0v) is 12.6. The van der Waals surface area contributed by atoms with Crippen LogP contribution in [0.1, 0.15) is 24.0 Å². The minimum absolute atomic E-state index is 0.0302. The number of likely N-dealkylation sites (tertiary alicyclic amines) is 1. The van der Waals surface area contributed by atoms with Gasteiger partial charge < -0.3 is 4.48 Å². The molecule has 106 valence electrons. The second-order valence-electron chi connectivity index (χ2n) is 6.24. The molecule has 2 aromatic rings. The smallest absolute Gasteiger partial charge is 0.189 e. The Bertz CT molecular complexity index is 644. The summed E-state index contributed by atoms with van der Waals surface area (Å²) in [5, 5.41) is 9.68. The van der Waals surface area contributed by atoms with Gasteiger partial charge in [0.1, 0.15) is 24.6 Å². The minimum atomic E-state index is 0.0302. The quantitative estimate of drug-likeness (QED) is 0.785. The van der Waals surface area contributed by atoms with Gasteiger partial charge in [-0.05, 0) is 12.5 Å². The zero-order chi connectivity index (χ0) is 14.9. The monoisotopic (exact) mass is 277 g/mol. The summed E-state index contributed by atoms with van der Waals surface area (Å²) in [6, 6.07) is 24.0.